The Hall–Kier alpha value is -1.89. The molecule has 0 aliphatic carbocycles. The van der Waals surface area contributed by atoms with E-state index >= 15 is 0 Å². The summed E-state index contributed by atoms with van der Waals surface area (Å²) in [5.74, 6) is 0. The van der Waals surface area contributed by atoms with Crippen LogP contribution in [0, 0.1) is 6.92 Å². The zero-order valence-corrected chi connectivity index (χ0v) is 15.1. The van der Waals surface area contributed by atoms with Crippen molar-refractivity contribution in [2.75, 3.05) is 31.5 Å². The first kappa shape index (κ1) is 18.4. The molecule has 130 valence electrons. The first-order valence-corrected chi connectivity index (χ1v) is 9.36. The molecule has 2 N–H and O–H groups in total. The minimum atomic E-state index is -3.74. The molecule has 5 nitrogen and oxygen atoms in total. The largest absolute Gasteiger partial charge is 0.385 e. The normalized spacial score (nSPS) is 13.0. The number of hydrogen-bond acceptors (Lipinski definition) is 3. The van der Waals surface area contributed by atoms with Gasteiger partial charge < -0.3 is 10.0 Å². The van der Waals surface area contributed by atoms with Crippen molar-refractivity contribution in [3.8, 4) is 0 Å². The molecular formula is C18H25N2O3S+. The van der Waals surface area contributed by atoms with Gasteiger partial charge in [-0.1, -0.05) is 35.9 Å². The van der Waals surface area contributed by atoms with Crippen LogP contribution in [0.3, 0.4) is 0 Å². The number of nitrogens with one attached hydrogen (secondary N) is 1. The molecule has 0 amide bonds. The van der Waals surface area contributed by atoms with Gasteiger partial charge in [0.05, 0.1) is 31.2 Å². The molecule has 2 aromatic rings. The van der Waals surface area contributed by atoms with Crippen LogP contribution in [0.4, 0.5) is 5.69 Å². The van der Waals surface area contributed by atoms with Crippen molar-refractivity contribution >= 4 is 15.7 Å². The molecule has 0 bridgehead atoms. The van der Waals surface area contributed by atoms with Crippen molar-refractivity contribution in [1.82, 2.24) is 0 Å². The zero-order valence-electron chi connectivity index (χ0n) is 14.3. The lowest BCUT2D eigenvalue weighted by atomic mass is 10.2. The van der Waals surface area contributed by atoms with E-state index in [0.717, 1.165) is 10.5 Å². The third-order valence-corrected chi connectivity index (χ3v) is 5.48. The van der Waals surface area contributed by atoms with Crippen molar-refractivity contribution in [2.45, 2.75) is 17.9 Å². The Kier molecular flexibility index (Phi) is 5.99. The van der Waals surface area contributed by atoms with E-state index in [4.69, 9.17) is 0 Å². The number of rotatable bonds is 7. The van der Waals surface area contributed by atoms with E-state index in [9.17, 15) is 13.5 Å². The number of benzene rings is 2. The minimum absolute atomic E-state index is 0.0192. The zero-order chi connectivity index (χ0) is 17.7. The maximum atomic E-state index is 13.1. The molecule has 0 aliphatic rings. The van der Waals surface area contributed by atoms with Gasteiger partial charge in [0.25, 0.3) is 10.0 Å². The highest BCUT2D eigenvalue weighted by Gasteiger charge is 2.27. The molecule has 1 atom stereocenters. The molecule has 2 rings (SSSR count). The highest BCUT2D eigenvalue weighted by molar-refractivity contribution is 7.92. The fraction of sp³-hybridized carbons (Fsp3) is 0.333. The highest BCUT2D eigenvalue weighted by atomic mass is 32.2. The minimum Gasteiger partial charge on any atom is -0.385 e. The van der Waals surface area contributed by atoms with E-state index in [1.54, 1.807) is 48.5 Å². The number of aliphatic hydroxyl groups excluding tert-OH is 1. The van der Waals surface area contributed by atoms with E-state index in [0.29, 0.717) is 12.2 Å². The maximum absolute atomic E-state index is 13.1. The van der Waals surface area contributed by atoms with E-state index in [-0.39, 0.29) is 11.4 Å². The number of nitrogens with zero attached hydrogens (tertiary/aromatic N) is 1. The molecule has 0 saturated carbocycles. The maximum Gasteiger partial charge on any atom is 0.264 e. The Balaban J connectivity index is 2.39. The first-order chi connectivity index (χ1) is 11.3. The van der Waals surface area contributed by atoms with Crippen LogP contribution in [0.1, 0.15) is 5.56 Å². The van der Waals surface area contributed by atoms with Gasteiger partial charge in [-0.3, -0.25) is 4.31 Å². The summed E-state index contributed by atoms with van der Waals surface area (Å²) in [6.45, 7) is 2.40. The molecule has 0 heterocycles. The number of anilines is 1. The summed E-state index contributed by atoms with van der Waals surface area (Å²) in [5, 5.41) is 10.3. The molecule has 24 heavy (non-hydrogen) atoms. The predicted molar refractivity (Wildman–Crippen MR) is 95.8 cm³/mol. The molecule has 2 aromatic carbocycles. The third-order valence-electron chi connectivity index (χ3n) is 3.67. The summed E-state index contributed by atoms with van der Waals surface area (Å²) in [4.78, 5) is 1.28. The van der Waals surface area contributed by atoms with Gasteiger partial charge in [0, 0.05) is 0 Å². The Bertz CT molecular complexity index is 744. The topological polar surface area (TPSA) is 62.0 Å². The lowest BCUT2D eigenvalue weighted by Crippen LogP contribution is -3.07. The number of hydrogen-bond donors (Lipinski definition) is 2. The van der Waals surface area contributed by atoms with E-state index < -0.39 is 16.1 Å². The van der Waals surface area contributed by atoms with Crippen LogP contribution in [0.5, 0.6) is 0 Å². The number of aryl methyl sites for hydroxylation is 1. The van der Waals surface area contributed by atoms with Crippen LogP contribution in [0.2, 0.25) is 0 Å². The van der Waals surface area contributed by atoms with E-state index in [1.807, 2.05) is 27.1 Å². The molecule has 6 heteroatoms. The lowest BCUT2D eigenvalue weighted by Gasteiger charge is -2.27. The monoisotopic (exact) mass is 349 g/mol. The number of aliphatic hydroxyl groups is 1. The van der Waals surface area contributed by atoms with Crippen LogP contribution >= 0.6 is 0 Å². The SMILES string of the molecule is Cc1ccc(S(=O)(=O)N(C[C@H](O)C[NH+](C)C)c2ccccc2)cc1. The van der Waals surface area contributed by atoms with Gasteiger partial charge in [-0.05, 0) is 31.2 Å². The van der Waals surface area contributed by atoms with Crippen molar-refractivity contribution in [2.24, 2.45) is 0 Å². The second-order valence-electron chi connectivity index (χ2n) is 6.25. The molecule has 0 unspecified atom stereocenters. The molecule has 0 radical (unpaired) electrons. The van der Waals surface area contributed by atoms with E-state index in [2.05, 4.69) is 0 Å². The Morgan fingerprint density at radius 1 is 1.04 bits per heavy atom. The van der Waals surface area contributed by atoms with Crippen molar-refractivity contribution < 1.29 is 18.4 Å². The Labute approximate surface area is 144 Å². The van der Waals surface area contributed by atoms with Crippen LogP contribution in [0.25, 0.3) is 0 Å². The van der Waals surface area contributed by atoms with Crippen LogP contribution < -0.4 is 9.21 Å². The van der Waals surface area contributed by atoms with Crippen LogP contribution in [-0.4, -0.2) is 46.8 Å². The summed E-state index contributed by atoms with van der Waals surface area (Å²) in [7, 11) is 0.105. The molecule has 0 aromatic heterocycles. The summed E-state index contributed by atoms with van der Waals surface area (Å²) < 4.78 is 27.4. The van der Waals surface area contributed by atoms with Gasteiger partial charge in [0.2, 0.25) is 0 Å². The van der Waals surface area contributed by atoms with Crippen molar-refractivity contribution in [3.63, 3.8) is 0 Å². The second kappa shape index (κ2) is 7.79. The van der Waals surface area contributed by atoms with Gasteiger partial charge in [-0.25, -0.2) is 8.42 Å². The average molecular weight is 349 g/mol. The fourth-order valence-electron chi connectivity index (χ4n) is 2.50. The van der Waals surface area contributed by atoms with Gasteiger partial charge in [0.1, 0.15) is 12.6 Å². The molecule has 0 fully saturated rings. The first-order valence-electron chi connectivity index (χ1n) is 7.92. The van der Waals surface area contributed by atoms with E-state index in [1.165, 1.54) is 4.31 Å². The van der Waals surface area contributed by atoms with Crippen molar-refractivity contribution in [1.29, 1.82) is 0 Å². The molecule has 0 aliphatic heterocycles. The quantitative estimate of drug-likeness (QED) is 0.773. The standard InChI is InChI=1S/C18H24N2O3S/c1-15-9-11-18(12-10-15)24(22,23)20(14-17(21)13-19(2)3)16-7-5-4-6-8-16/h4-12,17,21H,13-14H2,1-3H3/p+1/t17-/m1/s1. The average Bonchev–Trinajstić information content (AvgIpc) is 2.53. The Morgan fingerprint density at radius 3 is 2.17 bits per heavy atom. The van der Waals surface area contributed by atoms with Gasteiger partial charge in [-0.15, -0.1) is 0 Å². The van der Waals surface area contributed by atoms with Crippen LogP contribution in [-0.2, 0) is 10.0 Å². The summed E-state index contributed by atoms with van der Waals surface area (Å²) in [6.07, 6.45) is -0.754. The molecular weight excluding hydrogens is 324 g/mol. The fourth-order valence-corrected chi connectivity index (χ4v) is 4.00. The van der Waals surface area contributed by atoms with Gasteiger partial charge >= 0.3 is 0 Å². The molecule has 0 spiro atoms. The third kappa shape index (κ3) is 4.56. The molecule has 0 saturated heterocycles. The second-order valence-corrected chi connectivity index (χ2v) is 8.11. The van der Waals surface area contributed by atoms with Crippen LogP contribution in [0.15, 0.2) is 59.5 Å². The lowest BCUT2D eigenvalue weighted by molar-refractivity contribution is -0.861. The highest BCUT2D eigenvalue weighted by Crippen LogP contribution is 2.24. The van der Waals surface area contributed by atoms with Gasteiger partial charge in [-0.2, -0.15) is 0 Å². The summed E-state index contributed by atoms with van der Waals surface area (Å²) in [5.41, 5.74) is 1.54. The number of sulfonamides is 1. The number of quaternary nitrogens is 1. The predicted octanol–water partition coefficient (Wildman–Crippen LogP) is 0.696. The summed E-state index contributed by atoms with van der Waals surface area (Å²) in [6, 6.07) is 15.6. The van der Waals surface area contributed by atoms with Gasteiger partial charge in [0.15, 0.2) is 0 Å². The summed E-state index contributed by atoms with van der Waals surface area (Å²) >= 11 is 0. The van der Waals surface area contributed by atoms with Crippen molar-refractivity contribution in [3.05, 3.63) is 60.2 Å². The number of para-hydroxylation sites is 1. The number of likely N-dealkylation sites (N-methyl/N-ethyl adjacent to an activating group) is 1. The Morgan fingerprint density at radius 2 is 1.62 bits per heavy atom. The smallest absolute Gasteiger partial charge is 0.264 e.